The van der Waals surface area contributed by atoms with Crippen LogP contribution < -0.4 is 5.32 Å². The van der Waals surface area contributed by atoms with Gasteiger partial charge in [0.2, 0.25) is 5.91 Å². The van der Waals surface area contributed by atoms with Gasteiger partial charge in [-0.05, 0) is 51.4 Å². The molecule has 0 heterocycles. The van der Waals surface area contributed by atoms with E-state index in [-0.39, 0.29) is 12.5 Å². The van der Waals surface area contributed by atoms with Gasteiger partial charge in [-0.3, -0.25) is 4.79 Å². The Morgan fingerprint density at radius 1 is 0.462 bits per heavy atom. The van der Waals surface area contributed by atoms with Gasteiger partial charge in [-0.1, -0.05) is 224 Å². The highest BCUT2D eigenvalue weighted by Crippen LogP contribution is 2.16. The summed E-state index contributed by atoms with van der Waals surface area (Å²) in [7, 11) is 0. The largest absolute Gasteiger partial charge is 0.394 e. The van der Waals surface area contributed by atoms with Gasteiger partial charge in [0, 0.05) is 6.42 Å². The van der Waals surface area contributed by atoms with Gasteiger partial charge in [0.1, 0.15) is 0 Å². The van der Waals surface area contributed by atoms with Crippen molar-refractivity contribution >= 4 is 5.91 Å². The maximum Gasteiger partial charge on any atom is 0.220 e. The van der Waals surface area contributed by atoms with E-state index in [0.29, 0.717) is 12.8 Å². The Balaban J connectivity index is 3.52. The Bertz CT molecular complexity index is 790. The number of amides is 1. The predicted molar refractivity (Wildman–Crippen MR) is 230 cm³/mol. The van der Waals surface area contributed by atoms with Crippen LogP contribution in [0.25, 0.3) is 0 Å². The summed E-state index contributed by atoms with van der Waals surface area (Å²) in [4.78, 5) is 12.4. The average molecular weight is 730 g/mol. The minimum Gasteiger partial charge on any atom is -0.394 e. The van der Waals surface area contributed by atoms with Crippen LogP contribution in [-0.2, 0) is 4.79 Å². The first kappa shape index (κ1) is 50.6. The lowest BCUT2D eigenvalue weighted by Gasteiger charge is -2.22. The molecule has 52 heavy (non-hydrogen) atoms. The molecule has 0 aromatic heterocycles. The highest BCUT2D eigenvalue weighted by Gasteiger charge is 2.20. The Morgan fingerprint density at radius 2 is 0.788 bits per heavy atom. The lowest BCUT2D eigenvalue weighted by Crippen LogP contribution is -2.45. The lowest BCUT2D eigenvalue weighted by molar-refractivity contribution is -0.123. The third-order valence-corrected chi connectivity index (χ3v) is 10.7. The molecule has 0 aromatic rings. The minimum absolute atomic E-state index is 0.0348. The van der Waals surface area contributed by atoms with Crippen molar-refractivity contribution in [1.82, 2.24) is 5.32 Å². The molecule has 4 nitrogen and oxygen atoms in total. The number of aliphatic hydroxyl groups excluding tert-OH is 2. The van der Waals surface area contributed by atoms with Crippen LogP contribution in [0, 0.1) is 0 Å². The third-order valence-electron chi connectivity index (χ3n) is 10.7. The molecule has 0 aromatic carbocycles. The molecule has 0 radical (unpaired) electrons. The van der Waals surface area contributed by atoms with E-state index in [0.717, 1.165) is 38.5 Å². The van der Waals surface area contributed by atoms with Crippen molar-refractivity contribution in [2.45, 2.75) is 257 Å². The maximum atomic E-state index is 12.4. The van der Waals surface area contributed by atoms with Crippen molar-refractivity contribution in [2.24, 2.45) is 0 Å². The summed E-state index contributed by atoms with van der Waals surface area (Å²) < 4.78 is 0. The minimum atomic E-state index is -0.660. The van der Waals surface area contributed by atoms with Crippen LogP contribution in [0.15, 0.2) is 36.5 Å². The van der Waals surface area contributed by atoms with Gasteiger partial charge in [-0.15, -0.1) is 0 Å². The molecule has 4 heteroatoms. The van der Waals surface area contributed by atoms with E-state index in [1.165, 1.54) is 180 Å². The molecule has 0 saturated carbocycles. The van der Waals surface area contributed by atoms with Crippen LogP contribution in [0.3, 0.4) is 0 Å². The summed E-state index contributed by atoms with van der Waals surface area (Å²) in [5, 5.41) is 23.2. The van der Waals surface area contributed by atoms with Gasteiger partial charge in [0.05, 0.1) is 18.8 Å². The summed E-state index contributed by atoms with van der Waals surface area (Å²) >= 11 is 0. The van der Waals surface area contributed by atoms with Gasteiger partial charge in [-0.25, -0.2) is 0 Å². The zero-order chi connectivity index (χ0) is 37.8. The molecule has 0 aliphatic carbocycles. The van der Waals surface area contributed by atoms with E-state index in [1.54, 1.807) is 0 Å². The highest BCUT2D eigenvalue weighted by molar-refractivity contribution is 5.76. The van der Waals surface area contributed by atoms with Crippen molar-refractivity contribution in [2.75, 3.05) is 6.61 Å². The number of hydrogen-bond donors (Lipinski definition) is 3. The molecular weight excluding hydrogens is 639 g/mol. The zero-order valence-corrected chi connectivity index (χ0v) is 35.1. The maximum absolute atomic E-state index is 12.4. The number of aliphatic hydroxyl groups is 2. The molecule has 0 fully saturated rings. The SMILES string of the molecule is CCCCCCC/C=C\C/C=C\C/C=C\CCCCCCCCCCCCC(=O)NC(CO)C(O)CCCCCCCCCCCCCCCCC. The second-order valence-electron chi connectivity index (χ2n) is 15.8. The monoisotopic (exact) mass is 730 g/mol. The topological polar surface area (TPSA) is 69.6 Å². The summed E-state index contributed by atoms with van der Waals surface area (Å²) in [6.07, 6.45) is 57.9. The van der Waals surface area contributed by atoms with Crippen LogP contribution in [0.4, 0.5) is 0 Å². The lowest BCUT2D eigenvalue weighted by atomic mass is 10.0. The fourth-order valence-electron chi connectivity index (χ4n) is 7.07. The summed E-state index contributed by atoms with van der Waals surface area (Å²) in [5.74, 6) is -0.0348. The third kappa shape index (κ3) is 39.8. The molecule has 2 unspecified atom stereocenters. The molecule has 0 aliphatic rings. The molecular formula is C48H91NO3. The van der Waals surface area contributed by atoms with Crippen LogP contribution in [0.2, 0.25) is 0 Å². The number of unbranched alkanes of at least 4 members (excludes halogenated alkanes) is 29. The molecule has 0 saturated heterocycles. The van der Waals surface area contributed by atoms with Crippen molar-refractivity contribution in [3.8, 4) is 0 Å². The van der Waals surface area contributed by atoms with Gasteiger partial charge in [-0.2, -0.15) is 0 Å². The van der Waals surface area contributed by atoms with Gasteiger partial charge >= 0.3 is 0 Å². The van der Waals surface area contributed by atoms with E-state index in [1.807, 2.05) is 0 Å². The normalized spacial score (nSPS) is 13.2. The molecule has 0 aliphatic heterocycles. The van der Waals surface area contributed by atoms with Crippen molar-refractivity contribution in [1.29, 1.82) is 0 Å². The van der Waals surface area contributed by atoms with Crippen LogP contribution in [0.5, 0.6) is 0 Å². The van der Waals surface area contributed by atoms with Gasteiger partial charge in [0.25, 0.3) is 0 Å². The summed E-state index contributed by atoms with van der Waals surface area (Å²) in [6.45, 7) is 4.35. The smallest absolute Gasteiger partial charge is 0.220 e. The standard InChI is InChI=1S/C48H91NO3/c1-3-5-7-9-11-13-15-17-19-20-21-22-23-24-25-26-27-28-30-32-34-36-38-40-42-44-48(52)49-46(45-50)47(51)43-41-39-37-35-33-31-29-18-16-14-12-10-8-6-4-2/h15,17,20-21,23-24,46-47,50-51H,3-14,16,18-19,22,25-45H2,1-2H3,(H,49,52)/b17-15-,21-20-,24-23-. The molecule has 2 atom stereocenters. The predicted octanol–water partition coefficient (Wildman–Crippen LogP) is 14.6. The van der Waals surface area contributed by atoms with Crippen LogP contribution in [0.1, 0.15) is 245 Å². The Hall–Kier alpha value is -1.39. The molecule has 1 amide bonds. The molecule has 0 rings (SSSR count). The van der Waals surface area contributed by atoms with Gasteiger partial charge < -0.3 is 15.5 Å². The fraction of sp³-hybridized carbons (Fsp3) is 0.854. The first-order valence-corrected chi connectivity index (χ1v) is 23.2. The van der Waals surface area contributed by atoms with Gasteiger partial charge in [0.15, 0.2) is 0 Å². The second-order valence-corrected chi connectivity index (χ2v) is 15.8. The quantitative estimate of drug-likeness (QED) is 0.0433. The summed E-state index contributed by atoms with van der Waals surface area (Å²) in [5.41, 5.74) is 0. The van der Waals surface area contributed by atoms with Crippen LogP contribution >= 0.6 is 0 Å². The van der Waals surface area contributed by atoms with Crippen molar-refractivity contribution in [3.05, 3.63) is 36.5 Å². The Labute approximate surface area is 325 Å². The molecule has 0 bridgehead atoms. The number of allylic oxidation sites excluding steroid dienone is 6. The number of carbonyl (C=O) groups excluding carboxylic acids is 1. The van der Waals surface area contributed by atoms with Crippen LogP contribution in [-0.4, -0.2) is 34.9 Å². The van der Waals surface area contributed by atoms with Crippen molar-refractivity contribution < 1.29 is 15.0 Å². The molecule has 0 spiro atoms. The summed E-state index contributed by atoms with van der Waals surface area (Å²) in [6, 6.07) is -0.538. The van der Waals surface area contributed by atoms with E-state index >= 15 is 0 Å². The van der Waals surface area contributed by atoms with E-state index in [4.69, 9.17) is 0 Å². The zero-order valence-electron chi connectivity index (χ0n) is 35.1. The Kier molecular flexibility index (Phi) is 42.8. The number of rotatable bonds is 42. The highest BCUT2D eigenvalue weighted by atomic mass is 16.3. The molecule has 306 valence electrons. The van der Waals surface area contributed by atoms with E-state index < -0.39 is 12.1 Å². The molecule has 3 N–H and O–H groups in total. The number of hydrogen-bond acceptors (Lipinski definition) is 3. The average Bonchev–Trinajstić information content (AvgIpc) is 3.15. The first-order chi connectivity index (χ1) is 25.7. The van der Waals surface area contributed by atoms with Crippen molar-refractivity contribution in [3.63, 3.8) is 0 Å². The van der Waals surface area contributed by atoms with E-state index in [2.05, 4.69) is 55.6 Å². The fourth-order valence-corrected chi connectivity index (χ4v) is 7.07. The first-order valence-electron chi connectivity index (χ1n) is 23.2. The number of carbonyl (C=O) groups is 1. The second kappa shape index (κ2) is 44.0. The van der Waals surface area contributed by atoms with E-state index in [9.17, 15) is 15.0 Å². The Morgan fingerprint density at radius 3 is 1.17 bits per heavy atom. The number of nitrogens with one attached hydrogen (secondary N) is 1.